The summed E-state index contributed by atoms with van der Waals surface area (Å²) in [5, 5.41) is 8.46. The molecule has 1 aromatic carbocycles. The molecule has 108 valence electrons. The summed E-state index contributed by atoms with van der Waals surface area (Å²) in [6, 6.07) is 5.37. The van der Waals surface area contributed by atoms with Gasteiger partial charge < -0.3 is 16.0 Å². The predicted molar refractivity (Wildman–Crippen MR) is 79.9 cm³/mol. The first-order chi connectivity index (χ1) is 10.2. The molecule has 0 fully saturated rings. The van der Waals surface area contributed by atoms with E-state index in [1.807, 2.05) is 10.7 Å². The van der Waals surface area contributed by atoms with Crippen LogP contribution in [0.4, 0.5) is 5.95 Å². The average Bonchev–Trinajstić information content (AvgIpc) is 3.12. The molecule has 0 unspecified atom stereocenters. The van der Waals surface area contributed by atoms with Crippen LogP contribution in [0, 0.1) is 0 Å². The van der Waals surface area contributed by atoms with E-state index in [2.05, 4.69) is 20.4 Å². The molecule has 0 atom stereocenters. The molecule has 2 heterocycles. The molecule has 7 nitrogen and oxygen atoms in total. The first-order valence-corrected chi connectivity index (χ1v) is 6.72. The molecular weight excluding hydrogens is 268 g/mol. The van der Waals surface area contributed by atoms with E-state index in [1.54, 1.807) is 30.7 Å². The Balaban J connectivity index is 1.63. The first kappa shape index (κ1) is 13.2. The van der Waals surface area contributed by atoms with Crippen molar-refractivity contribution in [1.29, 1.82) is 0 Å². The maximum absolute atomic E-state index is 11.2. The quantitative estimate of drug-likeness (QED) is 0.595. The molecule has 1 amide bonds. The van der Waals surface area contributed by atoms with Gasteiger partial charge >= 0.3 is 0 Å². The molecule has 7 heteroatoms. The number of carbonyl (C=O) groups excluding carboxylic acids is 1. The number of aromatic amines is 1. The van der Waals surface area contributed by atoms with Crippen LogP contribution in [-0.4, -0.2) is 32.2 Å². The van der Waals surface area contributed by atoms with E-state index >= 15 is 0 Å². The summed E-state index contributed by atoms with van der Waals surface area (Å²) in [6.07, 6.45) is 6.15. The lowest BCUT2D eigenvalue weighted by Crippen LogP contribution is -2.10. The number of amides is 1. The van der Waals surface area contributed by atoms with Crippen molar-refractivity contribution in [3.8, 4) is 0 Å². The number of carbonyl (C=O) groups is 1. The fourth-order valence-corrected chi connectivity index (χ4v) is 2.22. The van der Waals surface area contributed by atoms with Crippen LogP contribution in [0.3, 0.4) is 0 Å². The molecule has 0 spiro atoms. The third-order valence-corrected chi connectivity index (χ3v) is 3.26. The summed E-state index contributed by atoms with van der Waals surface area (Å²) in [4.78, 5) is 18.2. The smallest absolute Gasteiger partial charge is 0.248 e. The zero-order valence-electron chi connectivity index (χ0n) is 11.4. The Labute approximate surface area is 121 Å². The fourth-order valence-electron chi connectivity index (χ4n) is 2.22. The van der Waals surface area contributed by atoms with Gasteiger partial charge in [-0.15, -0.1) is 0 Å². The van der Waals surface area contributed by atoms with E-state index < -0.39 is 5.91 Å². The van der Waals surface area contributed by atoms with Gasteiger partial charge in [-0.25, -0.2) is 4.98 Å². The molecule has 0 bridgehead atoms. The van der Waals surface area contributed by atoms with E-state index in [0.29, 0.717) is 5.56 Å². The highest BCUT2D eigenvalue weighted by molar-refractivity contribution is 5.96. The second kappa shape index (κ2) is 5.66. The van der Waals surface area contributed by atoms with Crippen LogP contribution in [0.15, 0.2) is 36.8 Å². The Hall–Kier alpha value is -2.83. The highest BCUT2D eigenvalue weighted by atomic mass is 16.1. The van der Waals surface area contributed by atoms with Crippen LogP contribution in [0.1, 0.15) is 16.8 Å². The van der Waals surface area contributed by atoms with Crippen LogP contribution in [0.25, 0.3) is 10.9 Å². The van der Waals surface area contributed by atoms with Crippen molar-refractivity contribution in [2.75, 3.05) is 11.9 Å². The summed E-state index contributed by atoms with van der Waals surface area (Å²) < 4.78 is 1.92. The summed E-state index contributed by atoms with van der Waals surface area (Å²) in [5.41, 5.74) is 6.77. The molecular formula is C14H16N6O. The van der Waals surface area contributed by atoms with Gasteiger partial charge in [0.05, 0.1) is 11.7 Å². The minimum atomic E-state index is -0.424. The monoisotopic (exact) mass is 284 g/mol. The van der Waals surface area contributed by atoms with Gasteiger partial charge in [0.2, 0.25) is 5.91 Å². The zero-order valence-corrected chi connectivity index (χ0v) is 11.4. The molecule has 0 aliphatic carbocycles. The van der Waals surface area contributed by atoms with Gasteiger partial charge in [0.1, 0.15) is 0 Å². The molecule has 0 aliphatic heterocycles. The summed E-state index contributed by atoms with van der Waals surface area (Å²) in [6.45, 7) is 1.58. The number of H-pyrrole nitrogens is 1. The van der Waals surface area contributed by atoms with Gasteiger partial charge in [-0.05, 0) is 24.6 Å². The van der Waals surface area contributed by atoms with Crippen molar-refractivity contribution < 1.29 is 4.79 Å². The molecule has 4 N–H and O–H groups in total. The Bertz CT molecular complexity index is 746. The topological polar surface area (TPSA) is 102 Å². The molecule has 21 heavy (non-hydrogen) atoms. The number of nitrogens with two attached hydrogens (primary N) is 1. The Morgan fingerprint density at radius 1 is 1.43 bits per heavy atom. The van der Waals surface area contributed by atoms with E-state index in [-0.39, 0.29) is 0 Å². The van der Waals surface area contributed by atoms with E-state index in [0.717, 1.165) is 36.4 Å². The lowest BCUT2D eigenvalue weighted by atomic mass is 10.1. The lowest BCUT2D eigenvalue weighted by molar-refractivity contribution is 0.100. The highest BCUT2D eigenvalue weighted by Crippen LogP contribution is 2.16. The maximum atomic E-state index is 11.2. The highest BCUT2D eigenvalue weighted by Gasteiger charge is 2.06. The van der Waals surface area contributed by atoms with Crippen LogP contribution in [0.2, 0.25) is 0 Å². The number of nitrogens with one attached hydrogen (secondary N) is 2. The van der Waals surface area contributed by atoms with Gasteiger partial charge in [0.15, 0.2) is 5.95 Å². The Morgan fingerprint density at radius 3 is 3.10 bits per heavy atom. The fraction of sp³-hybridized carbons (Fsp3) is 0.214. The minimum absolute atomic E-state index is 0.424. The molecule has 0 saturated heterocycles. The van der Waals surface area contributed by atoms with Crippen LogP contribution >= 0.6 is 0 Å². The summed E-state index contributed by atoms with van der Waals surface area (Å²) in [5.74, 6) is 0.346. The maximum Gasteiger partial charge on any atom is 0.248 e. The van der Waals surface area contributed by atoms with Gasteiger partial charge in [0, 0.05) is 36.4 Å². The average molecular weight is 284 g/mol. The zero-order chi connectivity index (χ0) is 14.7. The Kier molecular flexibility index (Phi) is 3.55. The molecule has 3 aromatic rings. The van der Waals surface area contributed by atoms with Crippen molar-refractivity contribution >= 4 is 22.8 Å². The van der Waals surface area contributed by atoms with E-state index in [9.17, 15) is 4.79 Å². The van der Waals surface area contributed by atoms with Crippen molar-refractivity contribution in [3.05, 3.63) is 42.4 Å². The number of imidazole rings is 1. The minimum Gasteiger partial charge on any atom is -0.366 e. The second-order valence-corrected chi connectivity index (χ2v) is 4.72. The van der Waals surface area contributed by atoms with Crippen molar-refractivity contribution in [1.82, 2.24) is 19.7 Å². The van der Waals surface area contributed by atoms with Gasteiger partial charge in [-0.2, -0.15) is 5.10 Å². The van der Waals surface area contributed by atoms with E-state index in [1.165, 1.54) is 0 Å². The first-order valence-electron chi connectivity index (χ1n) is 6.72. The number of benzene rings is 1. The second-order valence-electron chi connectivity index (χ2n) is 4.72. The SMILES string of the molecule is NC(=O)c1ccc2c(cnn2CCCNc2ncc[nH]2)c1. The van der Waals surface area contributed by atoms with Crippen LogP contribution in [-0.2, 0) is 6.54 Å². The third kappa shape index (κ3) is 2.86. The van der Waals surface area contributed by atoms with Gasteiger partial charge in [0.25, 0.3) is 0 Å². The molecule has 3 rings (SSSR count). The number of primary amides is 1. The van der Waals surface area contributed by atoms with Crippen LogP contribution < -0.4 is 11.1 Å². The lowest BCUT2D eigenvalue weighted by Gasteiger charge is -2.05. The summed E-state index contributed by atoms with van der Waals surface area (Å²) >= 11 is 0. The standard InChI is InChI=1S/C14H16N6O/c15-13(21)10-2-3-12-11(8-10)9-19-20(12)7-1-4-16-14-17-5-6-18-14/h2-3,5-6,8-9H,1,4,7H2,(H2,15,21)(H2,16,17,18). The normalized spacial score (nSPS) is 10.9. The molecule has 2 aromatic heterocycles. The summed E-state index contributed by atoms with van der Waals surface area (Å²) in [7, 11) is 0. The van der Waals surface area contributed by atoms with Crippen molar-refractivity contribution in [2.45, 2.75) is 13.0 Å². The number of aryl methyl sites for hydroxylation is 1. The number of hydrogen-bond donors (Lipinski definition) is 3. The molecule has 0 saturated carbocycles. The van der Waals surface area contributed by atoms with Crippen molar-refractivity contribution in [3.63, 3.8) is 0 Å². The Morgan fingerprint density at radius 2 is 2.33 bits per heavy atom. The van der Waals surface area contributed by atoms with Gasteiger partial charge in [-0.1, -0.05) is 0 Å². The molecule has 0 aliphatic rings. The van der Waals surface area contributed by atoms with Gasteiger partial charge in [-0.3, -0.25) is 9.48 Å². The largest absolute Gasteiger partial charge is 0.366 e. The number of fused-ring (bicyclic) bond motifs is 1. The number of hydrogen-bond acceptors (Lipinski definition) is 4. The number of nitrogens with zero attached hydrogens (tertiary/aromatic N) is 3. The van der Waals surface area contributed by atoms with Crippen molar-refractivity contribution in [2.24, 2.45) is 5.73 Å². The number of rotatable bonds is 6. The molecule has 0 radical (unpaired) electrons. The van der Waals surface area contributed by atoms with Crippen LogP contribution in [0.5, 0.6) is 0 Å². The third-order valence-electron chi connectivity index (χ3n) is 3.26. The predicted octanol–water partition coefficient (Wildman–Crippen LogP) is 1.36. The number of aromatic nitrogens is 4. The number of anilines is 1. The van der Waals surface area contributed by atoms with E-state index in [4.69, 9.17) is 5.73 Å².